The average molecular weight is 206 g/mol. The molecule has 3 nitrogen and oxygen atoms in total. The SMILES string of the molecule is CCc1ccc(C(N)CCC(N)=O)cc1. The van der Waals surface area contributed by atoms with Crippen molar-refractivity contribution in [2.45, 2.75) is 32.2 Å². The normalized spacial score (nSPS) is 12.4. The number of carbonyl (C=O) groups is 1. The van der Waals surface area contributed by atoms with Crippen LogP contribution in [0.1, 0.15) is 36.9 Å². The Kier molecular flexibility index (Phi) is 4.31. The molecule has 0 aromatic heterocycles. The van der Waals surface area contributed by atoms with E-state index in [0.29, 0.717) is 12.8 Å². The molecule has 82 valence electrons. The van der Waals surface area contributed by atoms with Crippen molar-refractivity contribution in [3.05, 3.63) is 35.4 Å². The van der Waals surface area contributed by atoms with E-state index in [2.05, 4.69) is 19.1 Å². The van der Waals surface area contributed by atoms with Crippen LogP contribution in [-0.2, 0) is 11.2 Å². The van der Waals surface area contributed by atoms with Gasteiger partial charge in [0.2, 0.25) is 5.91 Å². The van der Waals surface area contributed by atoms with Gasteiger partial charge in [-0.15, -0.1) is 0 Å². The van der Waals surface area contributed by atoms with Crippen molar-refractivity contribution >= 4 is 5.91 Å². The Morgan fingerprint density at radius 1 is 1.33 bits per heavy atom. The fourth-order valence-corrected chi connectivity index (χ4v) is 1.46. The second kappa shape index (κ2) is 5.51. The number of nitrogens with two attached hydrogens (primary N) is 2. The van der Waals surface area contributed by atoms with E-state index >= 15 is 0 Å². The fraction of sp³-hybridized carbons (Fsp3) is 0.417. The summed E-state index contributed by atoms with van der Waals surface area (Å²) < 4.78 is 0. The van der Waals surface area contributed by atoms with Crippen molar-refractivity contribution in [3.8, 4) is 0 Å². The molecule has 1 amide bonds. The van der Waals surface area contributed by atoms with Gasteiger partial charge in [-0.1, -0.05) is 31.2 Å². The summed E-state index contributed by atoms with van der Waals surface area (Å²) in [7, 11) is 0. The van der Waals surface area contributed by atoms with Gasteiger partial charge >= 0.3 is 0 Å². The molecule has 0 aliphatic rings. The maximum atomic E-state index is 10.6. The monoisotopic (exact) mass is 206 g/mol. The molecular formula is C12H18N2O. The molecule has 0 aliphatic carbocycles. The van der Waals surface area contributed by atoms with Crippen LogP contribution in [0.3, 0.4) is 0 Å². The summed E-state index contributed by atoms with van der Waals surface area (Å²) in [5, 5.41) is 0. The van der Waals surface area contributed by atoms with Crippen LogP contribution in [0.4, 0.5) is 0 Å². The largest absolute Gasteiger partial charge is 0.370 e. The van der Waals surface area contributed by atoms with Crippen molar-refractivity contribution in [1.82, 2.24) is 0 Å². The molecule has 4 N–H and O–H groups in total. The molecule has 1 atom stereocenters. The molecule has 0 fully saturated rings. The van der Waals surface area contributed by atoms with Gasteiger partial charge in [-0.25, -0.2) is 0 Å². The maximum absolute atomic E-state index is 10.6. The molecule has 15 heavy (non-hydrogen) atoms. The van der Waals surface area contributed by atoms with Crippen LogP contribution in [-0.4, -0.2) is 5.91 Å². The molecule has 0 bridgehead atoms. The van der Waals surface area contributed by atoms with Crippen LogP contribution < -0.4 is 11.5 Å². The van der Waals surface area contributed by atoms with Crippen LogP contribution in [0.5, 0.6) is 0 Å². The Morgan fingerprint density at radius 2 is 1.93 bits per heavy atom. The number of carbonyl (C=O) groups excluding carboxylic acids is 1. The van der Waals surface area contributed by atoms with Gasteiger partial charge in [-0.2, -0.15) is 0 Å². The molecule has 1 aromatic carbocycles. The second-order valence-electron chi connectivity index (χ2n) is 3.71. The van der Waals surface area contributed by atoms with Gasteiger partial charge in [0.15, 0.2) is 0 Å². The van der Waals surface area contributed by atoms with E-state index < -0.39 is 0 Å². The van der Waals surface area contributed by atoms with Crippen molar-refractivity contribution in [2.75, 3.05) is 0 Å². The Labute approximate surface area is 90.5 Å². The topological polar surface area (TPSA) is 69.1 Å². The average Bonchev–Trinajstić information content (AvgIpc) is 2.26. The number of aryl methyl sites for hydroxylation is 1. The zero-order valence-corrected chi connectivity index (χ0v) is 9.07. The van der Waals surface area contributed by atoms with Crippen molar-refractivity contribution in [1.29, 1.82) is 0 Å². The molecule has 0 saturated heterocycles. The zero-order chi connectivity index (χ0) is 11.3. The smallest absolute Gasteiger partial charge is 0.217 e. The first-order valence-electron chi connectivity index (χ1n) is 5.26. The van der Waals surface area contributed by atoms with Crippen LogP contribution >= 0.6 is 0 Å². The fourth-order valence-electron chi connectivity index (χ4n) is 1.46. The lowest BCUT2D eigenvalue weighted by atomic mass is 10.0. The Morgan fingerprint density at radius 3 is 2.40 bits per heavy atom. The summed E-state index contributed by atoms with van der Waals surface area (Å²) in [5.41, 5.74) is 13.4. The van der Waals surface area contributed by atoms with Crippen LogP contribution in [0.15, 0.2) is 24.3 Å². The predicted molar refractivity (Wildman–Crippen MR) is 61.2 cm³/mol. The van der Waals surface area contributed by atoms with E-state index in [0.717, 1.165) is 12.0 Å². The number of benzene rings is 1. The quantitative estimate of drug-likeness (QED) is 0.766. The lowest BCUT2D eigenvalue weighted by Crippen LogP contribution is -2.16. The van der Waals surface area contributed by atoms with E-state index in [1.807, 2.05) is 12.1 Å². The highest BCUT2D eigenvalue weighted by Crippen LogP contribution is 2.16. The van der Waals surface area contributed by atoms with E-state index in [1.165, 1.54) is 5.56 Å². The van der Waals surface area contributed by atoms with Gasteiger partial charge < -0.3 is 11.5 Å². The molecule has 1 aromatic rings. The maximum Gasteiger partial charge on any atom is 0.217 e. The van der Waals surface area contributed by atoms with Gasteiger partial charge in [-0.3, -0.25) is 4.79 Å². The van der Waals surface area contributed by atoms with Gasteiger partial charge in [0, 0.05) is 12.5 Å². The number of primary amides is 1. The first kappa shape index (κ1) is 11.7. The Hall–Kier alpha value is -1.35. The summed E-state index contributed by atoms with van der Waals surface area (Å²) in [4.78, 5) is 10.6. The van der Waals surface area contributed by atoms with Crippen molar-refractivity contribution in [2.24, 2.45) is 11.5 Å². The third kappa shape index (κ3) is 3.72. The highest BCUT2D eigenvalue weighted by molar-refractivity contribution is 5.73. The molecule has 0 heterocycles. The van der Waals surface area contributed by atoms with Gasteiger partial charge in [0.25, 0.3) is 0 Å². The Balaban J connectivity index is 2.57. The molecule has 0 radical (unpaired) electrons. The summed E-state index contributed by atoms with van der Waals surface area (Å²) in [5.74, 6) is -0.296. The van der Waals surface area contributed by atoms with Crippen LogP contribution in [0.2, 0.25) is 0 Å². The van der Waals surface area contributed by atoms with Gasteiger partial charge in [0.1, 0.15) is 0 Å². The molecule has 1 unspecified atom stereocenters. The van der Waals surface area contributed by atoms with Crippen LogP contribution in [0, 0.1) is 0 Å². The first-order valence-corrected chi connectivity index (χ1v) is 5.26. The highest BCUT2D eigenvalue weighted by atomic mass is 16.1. The third-order valence-electron chi connectivity index (χ3n) is 2.52. The molecule has 1 rings (SSSR count). The van der Waals surface area contributed by atoms with Crippen molar-refractivity contribution in [3.63, 3.8) is 0 Å². The van der Waals surface area contributed by atoms with E-state index in [9.17, 15) is 4.79 Å². The number of hydrogen-bond donors (Lipinski definition) is 2. The van der Waals surface area contributed by atoms with E-state index in [4.69, 9.17) is 11.5 Å². The molecular weight excluding hydrogens is 188 g/mol. The number of hydrogen-bond acceptors (Lipinski definition) is 2. The van der Waals surface area contributed by atoms with Crippen molar-refractivity contribution < 1.29 is 4.79 Å². The molecule has 0 spiro atoms. The molecule has 0 saturated carbocycles. The van der Waals surface area contributed by atoms with E-state index in [-0.39, 0.29) is 11.9 Å². The summed E-state index contributed by atoms with van der Waals surface area (Å²) in [6, 6.07) is 8.08. The second-order valence-corrected chi connectivity index (χ2v) is 3.71. The van der Waals surface area contributed by atoms with Gasteiger partial charge in [-0.05, 0) is 24.0 Å². The minimum absolute atomic E-state index is 0.0941. The highest BCUT2D eigenvalue weighted by Gasteiger charge is 2.06. The minimum atomic E-state index is -0.296. The van der Waals surface area contributed by atoms with Gasteiger partial charge in [0.05, 0.1) is 0 Å². The number of amides is 1. The summed E-state index contributed by atoms with van der Waals surface area (Å²) in [6.45, 7) is 2.11. The first-order chi connectivity index (χ1) is 7.13. The standard InChI is InChI=1S/C12H18N2O/c1-2-9-3-5-10(6-4-9)11(13)7-8-12(14)15/h3-6,11H,2,7-8,13H2,1H3,(H2,14,15). The van der Waals surface area contributed by atoms with Crippen LogP contribution in [0.25, 0.3) is 0 Å². The molecule has 3 heteroatoms. The van der Waals surface area contributed by atoms with E-state index in [1.54, 1.807) is 0 Å². The Bertz CT molecular complexity index is 319. The number of rotatable bonds is 5. The minimum Gasteiger partial charge on any atom is -0.370 e. The summed E-state index contributed by atoms with van der Waals surface area (Å²) in [6.07, 6.45) is 1.98. The lowest BCUT2D eigenvalue weighted by Gasteiger charge is -2.11. The zero-order valence-electron chi connectivity index (χ0n) is 9.07. The third-order valence-corrected chi connectivity index (χ3v) is 2.52. The summed E-state index contributed by atoms with van der Waals surface area (Å²) >= 11 is 0. The molecule has 0 aliphatic heterocycles. The lowest BCUT2D eigenvalue weighted by molar-refractivity contribution is -0.118. The predicted octanol–water partition coefficient (Wildman–Crippen LogP) is 1.51.